The molecule has 1 atom stereocenters. The monoisotopic (exact) mass is 712 g/mol. The maximum Gasteiger partial charge on any atom is 0.316 e. The smallest absolute Gasteiger partial charge is 0.316 e. The third-order valence-electron chi connectivity index (χ3n) is 3.17. The average Bonchev–Trinajstić information content (AvgIpc) is 2.89. The van der Waals surface area contributed by atoms with Crippen molar-refractivity contribution in [1.29, 1.82) is 0 Å². The molecule has 0 rings (SSSR count). The molecule has 0 fully saturated rings. The number of esters is 1. The highest BCUT2D eigenvalue weighted by Gasteiger charge is 2.05. The van der Waals surface area contributed by atoms with E-state index in [1.54, 1.807) is 82.3 Å². The Morgan fingerprint density at radius 3 is 1.97 bits per heavy atom. The van der Waals surface area contributed by atoms with E-state index in [-0.39, 0.29) is 37.5 Å². The van der Waals surface area contributed by atoms with Gasteiger partial charge < -0.3 is 14.9 Å². The van der Waals surface area contributed by atoms with Crippen molar-refractivity contribution in [2.75, 3.05) is 97.4 Å². The first-order valence-electron chi connectivity index (χ1n) is 10.8. The molecule has 0 amide bonds. The predicted molar refractivity (Wildman–Crippen MR) is 177 cm³/mol. The average molecular weight is 713 g/mol. The molecule has 0 spiro atoms. The molecular formula is C19H36O8S10. The number of thioether (sulfide) groups is 9. The minimum absolute atomic E-state index is 0.0450. The van der Waals surface area contributed by atoms with Gasteiger partial charge in [-0.2, -0.15) is 11.8 Å². The van der Waals surface area contributed by atoms with Gasteiger partial charge in [-0.15, -0.1) is 82.3 Å². The molecular weight excluding hydrogens is 677 g/mol. The van der Waals surface area contributed by atoms with Crippen molar-refractivity contribution in [2.45, 2.75) is 0 Å². The van der Waals surface area contributed by atoms with E-state index in [4.69, 9.17) is 24.7 Å². The molecule has 0 aliphatic heterocycles. The van der Waals surface area contributed by atoms with Crippen LogP contribution in [0.15, 0.2) is 0 Å². The van der Waals surface area contributed by atoms with E-state index in [0.29, 0.717) is 29.0 Å². The van der Waals surface area contributed by atoms with Crippen LogP contribution in [0.25, 0.3) is 0 Å². The minimum Gasteiger partial charge on any atom is -0.463 e. The van der Waals surface area contributed by atoms with Gasteiger partial charge in [-0.05, 0) is 0 Å². The molecule has 0 aromatic carbocycles. The third-order valence-corrected chi connectivity index (χ3v) is 16.1. The summed E-state index contributed by atoms with van der Waals surface area (Å²) >= 11 is 14.8. The Morgan fingerprint density at radius 2 is 1.24 bits per heavy atom. The summed E-state index contributed by atoms with van der Waals surface area (Å²) in [6, 6.07) is 0. The zero-order chi connectivity index (χ0) is 27.2. The van der Waals surface area contributed by atoms with Gasteiger partial charge in [-0.25, -0.2) is 9.78 Å². The Bertz CT molecular complexity index is 565. The summed E-state index contributed by atoms with van der Waals surface area (Å²) in [5.41, 5.74) is 0. The van der Waals surface area contributed by atoms with Crippen LogP contribution in [0.5, 0.6) is 0 Å². The molecule has 0 aliphatic rings. The highest BCUT2D eigenvalue weighted by Crippen LogP contribution is 2.23. The van der Waals surface area contributed by atoms with Crippen molar-refractivity contribution in [3.63, 3.8) is 0 Å². The molecule has 220 valence electrons. The van der Waals surface area contributed by atoms with Crippen molar-refractivity contribution in [2.24, 2.45) is 0 Å². The molecule has 0 aromatic rings. The van der Waals surface area contributed by atoms with E-state index in [2.05, 4.69) is 0 Å². The quantitative estimate of drug-likeness (QED) is 0.0381. The number of carbonyl (C=O) groups is 2. The highest BCUT2D eigenvalue weighted by molar-refractivity contribution is 8.29. The third kappa shape index (κ3) is 32.7. The molecule has 0 heterocycles. The number of rotatable bonds is 29. The van der Waals surface area contributed by atoms with Crippen LogP contribution in [-0.2, 0) is 34.9 Å². The Labute approximate surface area is 261 Å². The summed E-state index contributed by atoms with van der Waals surface area (Å²) < 4.78 is 16.8. The topological polar surface area (TPSA) is 119 Å². The van der Waals surface area contributed by atoms with E-state index in [9.17, 15) is 13.8 Å². The molecule has 0 aromatic heterocycles. The lowest BCUT2D eigenvalue weighted by Gasteiger charge is -2.05. The fourth-order valence-corrected chi connectivity index (χ4v) is 13.7. The minimum atomic E-state index is -0.834. The largest absolute Gasteiger partial charge is 0.463 e. The van der Waals surface area contributed by atoms with Gasteiger partial charge >= 0.3 is 5.97 Å². The van der Waals surface area contributed by atoms with Crippen molar-refractivity contribution < 1.29 is 38.5 Å². The molecule has 37 heavy (non-hydrogen) atoms. The lowest BCUT2D eigenvalue weighted by atomic mass is 10.7. The predicted octanol–water partition coefficient (Wildman–Crippen LogP) is 4.04. The van der Waals surface area contributed by atoms with Crippen LogP contribution in [0.1, 0.15) is 0 Å². The summed E-state index contributed by atoms with van der Waals surface area (Å²) in [6.07, 6.45) is 0. The Morgan fingerprint density at radius 1 is 0.649 bits per heavy atom. The van der Waals surface area contributed by atoms with Crippen LogP contribution in [0.4, 0.5) is 0 Å². The van der Waals surface area contributed by atoms with E-state index in [0.717, 1.165) is 42.0 Å². The van der Waals surface area contributed by atoms with Gasteiger partial charge in [0.1, 0.15) is 13.2 Å². The molecule has 0 bridgehead atoms. The van der Waals surface area contributed by atoms with Crippen molar-refractivity contribution in [3.05, 3.63) is 0 Å². The van der Waals surface area contributed by atoms with E-state index in [1.165, 1.54) is 23.5 Å². The van der Waals surface area contributed by atoms with Gasteiger partial charge in [0, 0.05) is 58.6 Å². The molecule has 8 nitrogen and oxygen atoms in total. The number of aliphatic hydroxyl groups excluding tert-OH is 2. The van der Waals surface area contributed by atoms with Gasteiger partial charge in [0.25, 0.3) is 0 Å². The summed E-state index contributed by atoms with van der Waals surface area (Å²) in [5, 5.41) is 23.0. The van der Waals surface area contributed by atoms with Crippen molar-refractivity contribution in [1.82, 2.24) is 0 Å². The van der Waals surface area contributed by atoms with Gasteiger partial charge in [-0.1, -0.05) is 11.8 Å². The van der Waals surface area contributed by atoms with Crippen LogP contribution in [0, 0.1) is 0 Å². The van der Waals surface area contributed by atoms with Gasteiger partial charge in [0.05, 0.1) is 36.4 Å². The zero-order valence-electron chi connectivity index (χ0n) is 20.4. The molecule has 0 saturated heterocycles. The van der Waals surface area contributed by atoms with Crippen LogP contribution in [0.2, 0.25) is 0 Å². The van der Waals surface area contributed by atoms with E-state index >= 15 is 0 Å². The molecule has 18 heteroatoms. The van der Waals surface area contributed by atoms with Crippen LogP contribution >= 0.6 is 106 Å². The maximum atomic E-state index is 12.1. The summed E-state index contributed by atoms with van der Waals surface area (Å²) in [5.74, 6) is 2.87. The van der Waals surface area contributed by atoms with Gasteiger partial charge in [0.15, 0.2) is 5.12 Å². The van der Waals surface area contributed by atoms with Crippen molar-refractivity contribution in [3.8, 4) is 0 Å². The molecule has 1 unspecified atom stereocenters. The lowest BCUT2D eigenvalue weighted by Crippen LogP contribution is -2.10. The van der Waals surface area contributed by atoms with Gasteiger partial charge in [-0.3, -0.25) is 13.8 Å². The number of hydrogen-bond acceptors (Lipinski definition) is 17. The first kappa shape index (κ1) is 39.3. The second-order valence-electron chi connectivity index (χ2n) is 6.13. The summed E-state index contributed by atoms with van der Waals surface area (Å²) in [4.78, 5) is 32.8. The fraction of sp³-hybridized carbons (Fsp3) is 0.895. The summed E-state index contributed by atoms with van der Waals surface area (Å²) in [7, 11) is -0.834. The molecule has 0 radical (unpaired) electrons. The van der Waals surface area contributed by atoms with Crippen molar-refractivity contribution >= 4 is 128 Å². The van der Waals surface area contributed by atoms with E-state index in [1.807, 2.05) is 0 Å². The summed E-state index contributed by atoms with van der Waals surface area (Å²) in [6.45, 7) is 0.547. The van der Waals surface area contributed by atoms with Crippen LogP contribution in [0.3, 0.4) is 0 Å². The SMILES string of the molecule is O=C(CSCSCSCCS(=O)CSCSCSC(=O)CSCSCSCCOOCCO)OCCO. The zero-order valence-corrected chi connectivity index (χ0v) is 28.6. The highest BCUT2D eigenvalue weighted by atomic mass is 32.3. The number of aliphatic hydroxyl groups is 2. The Kier molecular flexibility index (Phi) is 34.8. The number of hydrogen-bond donors (Lipinski definition) is 2. The Hall–Kier alpha value is 2.28. The number of carbonyl (C=O) groups excluding carboxylic acids is 2. The standard InChI is InChI=1S/C19H36O8S10/c20-1-3-25-18(22)9-30-13-33-12-29-7-8-37(24)17-35-15-34-16-36-19(23)10-31-14-32-11-28-6-5-27-26-4-2-21/h20-21H,1-17H2. The lowest BCUT2D eigenvalue weighted by molar-refractivity contribution is -0.293. The second kappa shape index (κ2) is 32.8. The first-order chi connectivity index (χ1) is 18.1. The first-order valence-corrected chi connectivity index (χ1v) is 22.6. The molecule has 0 aliphatic carbocycles. The maximum absolute atomic E-state index is 12.1. The van der Waals surface area contributed by atoms with E-state index < -0.39 is 10.8 Å². The van der Waals surface area contributed by atoms with Crippen LogP contribution in [-0.4, -0.2) is 123 Å². The normalized spacial score (nSPS) is 12.1. The number of ether oxygens (including phenoxy) is 1. The second-order valence-corrected chi connectivity index (χ2v) is 19.4. The Balaban J connectivity index is 3.31. The van der Waals surface area contributed by atoms with Crippen LogP contribution < -0.4 is 0 Å². The molecule has 0 saturated carbocycles. The fourth-order valence-electron chi connectivity index (χ4n) is 1.70. The molecule has 2 N–H and O–H groups in total. The van der Waals surface area contributed by atoms with Gasteiger partial charge in [0.2, 0.25) is 0 Å².